The molecule has 1 rings (SSSR count). The van der Waals surface area contributed by atoms with Gasteiger partial charge < -0.3 is 10.2 Å². The normalized spacial score (nSPS) is 10.4. The van der Waals surface area contributed by atoms with Crippen molar-refractivity contribution in [3.05, 3.63) is 29.8 Å². The van der Waals surface area contributed by atoms with Gasteiger partial charge in [-0.3, -0.25) is 9.59 Å². The zero-order valence-electron chi connectivity index (χ0n) is 8.26. The van der Waals surface area contributed by atoms with E-state index in [9.17, 15) is 14.0 Å². The van der Waals surface area contributed by atoms with Crippen LogP contribution >= 0.6 is 0 Å². The zero-order chi connectivity index (χ0) is 12.1. The number of nitrogens with zero attached hydrogens (tertiary/aromatic N) is 1. The van der Waals surface area contributed by atoms with E-state index in [1.54, 1.807) is 0 Å². The molecule has 0 radical (unpaired) electrons. The number of aliphatic carboxylic acids is 2. The number of aromatic nitrogens is 1. The molecule has 0 amide bonds. The van der Waals surface area contributed by atoms with Gasteiger partial charge in [0.25, 0.3) is 0 Å². The molecule has 6 heteroatoms. The average molecular weight is 227 g/mol. The third-order valence-electron chi connectivity index (χ3n) is 2.07. The fourth-order valence-corrected chi connectivity index (χ4v) is 1.42. The van der Waals surface area contributed by atoms with E-state index >= 15 is 0 Å². The third kappa shape index (κ3) is 3.30. The van der Waals surface area contributed by atoms with Crippen LogP contribution in [0.4, 0.5) is 4.39 Å². The molecule has 1 aromatic rings. The molecule has 1 aromatic heterocycles. The number of carboxylic acid groups (broad SMARTS) is 2. The Hall–Kier alpha value is -1.98. The SMILES string of the molecule is O=C(O)CC(CC(=O)O)c1cccnc1F. The molecule has 0 aliphatic carbocycles. The van der Waals surface area contributed by atoms with Gasteiger partial charge in [-0.2, -0.15) is 4.39 Å². The highest BCUT2D eigenvalue weighted by Crippen LogP contribution is 2.24. The number of pyridine rings is 1. The number of rotatable bonds is 5. The summed E-state index contributed by atoms with van der Waals surface area (Å²) in [6.07, 6.45) is 0.348. The van der Waals surface area contributed by atoms with E-state index in [-0.39, 0.29) is 5.56 Å². The standard InChI is InChI=1S/C10H10FNO4/c11-10-7(2-1-3-12-10)6(4-8(13)14)5-9(15)16/h1-3,6H,4-5H2,(H,13,14)(H,15,16). The lowest BCUT2D eigenvalue weighted by molar-refractivity contribution is -0.139. The van der Waals surface area contributed by atoms with E-state index in [0.717, 1.165) is 0 Å². The summed E-state index contributed by atoms with van der Waals surface area (Å²) < 4.78 is 13.2. The molecule has 0 saturated carbocycles. The summed E-state index contributed by atoms with van der Waals surface area (Å²) in [6, 6.07) is 2.79. The van der Waals surface area contributed by atoms with Crippen LogP contribution in [0.15, 0.2) is 18.3 Å². The van der Waals surface area contributed by atoms with E-state index in [1.807, 2.05) is 0 Å². The highest BCUT2D eigenvalue weighted by atomic mass is 19.1. The van der Waals surface area contributed by atoms with Gasteiger partial charge in [0, 0.05) is 17.7 Å². The van der Waals surface area contributed by atoms with Crippen molar-refractivity contribution in [1.82, 2.24) is 4.98 Å². The molecule has 0 spiro atoms. The molecule has 0 atom stereocenters. The second-order valence-electron chi connectivity index (χ2n) is 3.28. The summed E-state index contributed by atoms with van der Waals surface area (Å²) in [4.78, 5) is 24.4. The number of carbonyl (C=O) groups is 2. The molecule has 0 aliphatic heterocycles. The van der Waals surface area contributed by atoms with E-state index in [2.05, 4.69) is 4.98 Å². The highest BCUT2D eigenvalue weighted by Gasteiger charge is 2.22. The predicted molar refractivity (Wildman–Crippen MR) is 51.4 cm³/mol. The minimum absolute atomic E-state index is 0.0206. The smallest absolute Gasteiger partial charge is 0.303 e. The minimum Gasteiger partial charge on any atom is -0.481 e. The molecule has 0 bridgehead atoms. The number of carboxylic acids is 2. The molecule has 1 heterocycles. The van der Waals surface area contributed by atoms with Crippen LogP contribution in [0, 0.1) is 5.95 Å². The second-order valence-corrected chi connectivity index (χ2v) is 3.28. The molecule has 0 fully saturated rings. The number of hydrogen-bond acceptors (Lipinski definition) is 3. The maximum absolute atomic E-state index is 13.2. The van der Waals surface area contributed by atoms with Crippen molar-refractivity contribution in [2.24, 2.45) is 0 Å². The van der Waals surface area contributed by atoms with E-state index in [4.69, 9.17) is 10.2 Å². The van der Waals surface area contributed by atoms with E-state index in [0.29, 0.717) is 0 Å². The maximum atomic E-state index is 13.2. The largest absolute Gasteiger partial charge is 0.481 e. The van der Waals surface area contributed by atoms with Crippen molar-refractivity contribution >= 4 is 11.9 Å². The van der Waals surface area contributed by atoms with Gasteiger partial charge in [-0.15, -0.1) is 0 Å². The first-order chi connectivity index (χ1) is 7.50. The van der Waals surface area contributed by atoms with Gasteiger partial charge >= 0.3 is 11.9 Å². The van der Waals surface area contributed by atoms with E-state index < -0.39 is 36.6 Å². The molecular weight excluding hydrogens is 217 g/mol. The lowest BCUT2D eigenvalue weighted by atomic mass is 9.93. The fourth-order valence-electron chi connectivity index (χ4n) is 1.42. The first-order valence-corrected chi connectivity index (χ1v) is 4.54. The van der Waals surface area contributed by atoms with Gasteiger partial charge in [0.05, 0.1) is 12.8 Å². The Labute approximate surface area is 90.6 Å². The molecule has 0 aliphatic rings. The van der Waals surface area contributed by atoms with Crippen LogP contribution in [0.2, 0.25) is 0 Å². The van der Waals surface area contributed by atoms with Gasteiger partial charge in [0.2, 0.25) is 5.95 Å². The van der Waals surface area contributed by atoms with Crippen LogP contribution in [0.5, 0.6) is 0 Å². The molecule has 0 aromatic carbocycles. The monoisotopic (exact) mass is 227 g/mol. The number of halogens is 1. The Morgan fingerprint density at radius 2 is 1.88 bits per heavy atom. The Morgan fingerprint density at radius 3 is 2.31 bits per heavy atom. The molecule has 5 nitrogen and oxygen atoms in total. The van der Waals surface area contributed by atoms with Gasteiger partial charge in [-0.1, -0.05) is 6.07 Å². The quantitative estimate of drug-likeness (QED) is 0.739. The summed E-state index contributed by atoms with van der Waals surface area (Å²) in [6.45, 7) is 0. The third-order valence-corrected chi connectivity index (χ3v) is 2.07. The van der Waals surface area contributed by atoms with Crippen molar-refractivity contribution in [2.45, 2.75) is 18.8 Å². The van der Waals surface area contributed by atoms with Crippen molar-refractivity contribution < 1.29 is 24.2 Å². The lowest BCUT2D eigenvalue weighted by Crippen LogP contribution is -2.13. The number of hydrogen-bond donors (Lipinski definition) is 2. The molecule has 0 unspecified atom stereocenters. The summed E-state index contributed by atoms with van der Waals surface area (Å²) >= 11 is 0. The minimum atomic E-state index is -1.17. The summed E-state index contributed by atoms with van der Waals surface area (Å²) in [5, 5.41) is 17.2. The van der Waals surface area contributed by atoms with Crippen LogP contribution < -0.4 is 0 Å². The van der Waals surface area contributed by atoms with Gasteiger partial charge in [-0.25, -0.2) is 4.98 Å². The van der Waals surface area contributed by atoms with Gasteiger partial charge in [0.15, 0.2) is 0 Å². The Bertz CT molecular complexity index is 392. The molecule has 86 valence electrons. The Kier molecular flexibility index (Phi) is 3.93. The molecule has 2 N–H and O–H groups in total. The average Bonchev–Trinajstić information content (AvgIpc) is 2.15. The summed E-state index contributed by atoms with van der Waals surface area (Å²) in [5.74, 6) is -4.07. The van der Waals surface area contributed by atoms with Crippen molar-refractivity contribution in [2.75, 3.05) is 0 Å². The fraction of sp³-hybridized carbons (Fsp3) is 0.300. The maximum Gasteiger partial charge on any atom is 0.303 e. The topological polar surface area (TPSA) is 87.5 Å². The van der Waals surface area contributed by atoms with Crippen LogP contribution in [-0.4, -0.2) is 27.1 Å². The Morgan fingerprint density at radius 1 is 1.31 bits per heavy atom. The summed E-state index contributed by atoms with van der Waals surface area (Å²) in [7, 11) is 0. The first kappa shape index (κ1) is 12.1. The van der Waals surface area contributed by atoms with Crippen molar-refractivity contribution in [3.8, 4) is 0 Å². The van der Waals surface area contributed by atoms with Crippen LogP contribution in [0.1, 0.15) is 24.3 Å². The van der Waals surface area contributed by atoms with Crippen LogP contribution in [-0.2, 0) is 9.59 Å². The van der Waals surface area contributed by atoms with Crippen LogP contribution in [0.25, 0.3) is 0 Å². The summed E-state index contributed by atoms with van der Waals surface area (Å²) in [5.41, 5.74) is 0.0206. The molecular formula is C10H10FNO4. The predicted octanol–water partition coefficient (Wildman–Crippen LogP) is 1.25. The zero-order valence-corrected chi connectivity index (χ0v) is 8.26. The van der Waals surface area contributed by atoms with Gasteiger partial charge in [-0.05, 0) is 6.07 Å². The first-order valence-electron chi connectivity index (χ1n) is 4.54. The molecule has 16 heavy (non-hydrogen) atoms. The van der Waals surface area contributed by atoms with Crippen LogP contribution in [0.3, 0.4) is 0 Å². The lowest BCUT2D eigenvalue weighted by Gasteiger charge is -2.12. The van der Waals surface area contributed by atoms with Gasteiger partial charge in [0.1, 0.15) is 0 Å². The highest BCUT2D eigenvalue weighted by molar-refractivity contribution is 5.72. The van der Waals surface area contributed by atoms with Crippen molar-refractivity contribution in [1.29, 1.82) is 0 Å². The van der Waals surface area contributed by atoms with Crippen molar-refractivity contribution in [3.63, 3.8) is 0 Å². The Balaban J connectivity index is 2.96. The molecule has 0 saturated heterocycles. The van der Waals surface area contributed by atoms with E-state index in [1.165, 1.54) is 18.3 Å². The second kappa shape index (κ2) is 5.20.